The normalized spacial score (nSPS) is 25.4. The molecule has 1 aliphatic carbocycles. The highest BCUT2D eigenvalue weighted by Crippen LogP contribution is 2.32. The van der Waals surface area contributed by atoms with E-state index in [1.54, 1.807) is 6.07 Å². The molecule has 1 aromatic carbocycles. The highest BCUT2D eigenvalue weighted by Gasteiger charge is 2.27. The molecule has 1 fully saturated rings. The number of hydrogen-bond donors (Lipinski definition) is 2. The summed E-state index contributed by atoms with van der Waals surface area (Å²) in [6.45, 7) is 0.872. The molecule has 2 aliphatic rings. The van der Waals surface area contributed by atoms with Crippen molar-refractivity contribution in [2.75, 3.05) is 13.2 Å². The topological polar surface area (TPSA) is 84.9 Å². The summed E-state index contributed by atoms with van der Waals surface area (Å²) >= 11 is 0. The highest BCUT2D eigenvalue weighted by atomic mass is 32.2. The molecule has 1 saturated carbocycles. The zero-order chi connectivity index (χ0) is 16.3. The van der Waals surface area contributed by atoms with Gasteiger partial charge in [0, 0.05) is 12.1 Å². The first-order valence-electron chi connectivity index (χ1n) is 8.16. The highest BCUT2D eigenvalue weighted by molar-refractivity contribution is 7.89. The molecule has 128 valence electrons. The SMILES string of the molecule is O=S(=O)(N[C@H]1CCCCCC[C@@H]1O)c1ccc2c(c1)OCCO2. The van der Waals surface area contributed by atoms with E-state index in [4.69, 9.17) is 9.47 Å². The van der Waals surface area contributed by atoms with Crippen LogP contribution in [0.2, 0.25) is 0 Å². The standard InChI is InChI=1S/C16H23NO5S/c18-14-6-4-2-1-3-5-13(14)17-23(19,20)12-7-8-15-16(11-12)22-10-9-21-15/h7-8,11,13-14,17-18H,1-6,9-10H2/t13-,14-/m0/s1. The van der Waals surface area contributed by atoms with E-state index in [-0.39, 0.29) is 4.90 Å². The van der Waals surface area contributed by atoms with Gasteiger partial charge in [-0.15, -0.1) is 0 Å². The molecular weight excluding hydrogens is 318 g/mol. The van der Waals surface area contributed by atoms with Crippen LogP contribution in [0.3, 0.4) is 0 Å². The van der Waals surface area contributed by atoms with Crippen LogP contribution in [-0.4, -0.2) is 38.9 Å². The Morgan fingerprint density at radius 1 is 1.00 bits per heavy atom. The Morgan fingerprint density at radius 2 is 1.70 bits per heavy atom. The van der Waals surface area contributed by atoms with Crippen molar-refractivity contribution in [2.45, 2.75) is 55.6 Å². The molecule has 1 aromatic rings. The molecule has 0 saturated heterocycles. The van der Waals surface area contributed by atoms with Crippen molar-refractivity contribution in [3.05, 3.63) is 18.2 Å². The summed E-state index contributed by atoms with van der Waals surface area (Å²) < 4.78 is 38.7. The van der Waals surface area contributed by atoms with Gasteiger partial charge in [0.15, 0.2) is 11.5 Å². The second-order valence-electron chi connectivity index (χ2n) is 6.09. The van der Waals surface area contributed by atoms with Gasteiger partial charge in [-0.3, -0.25) is 0 Å². The van der Waals surface area contributed by atoms with Crippen molar-refractivity contribution < 1.29 is 23.0 Å². The maximum atomic E-state index is 12.6. The summed E-state index contributed by atoms with van der Waals surface area (Å²) in [5.74, 6) is 0.999. The van der Waals surface area contributed by atoms with Crippen molar-refractivity contribution in [2.24, 2.45) is 0 Å². The van der Waals surface area contributed by atoms with Crippen molar-refractivity contribution >= 4 is 10.0 Å². The first-order valence-corrected chi connectivity index (χ1v) is 9.65. The number of nitrogens with one attached hydrogen (secondary N) is 1. The van der Waals surface area contributed by atoms with Crippen LogP contribution in [0, 0.1) is 0 Å². The van der Waals surface area contributed by atoms with Crippen molar-refractivity contribution in [3.63, 3.8) is 0 Å². The maximum absolute atomic E-state index is 12.6. The fourth-order valence-electron chi connectivity index (χ4n) is 3.06. The zero-order valence-corrected chi connectivity index (χ0v) is 13.8. The molecular formula is C16H23NO5S. The Balaban J connectivity index is 1.77. The van der Waals surface area contributed by atoms with E-state index < -0.39 is 22.2 Å². The lowest BCUT2D eigenvalue weighted by Gasteiger charge is -2.26. The average molecular weight is 341 g/mol. The van der Waals surface area contributed by atoms with Crippen LogP contribution in [0.1, 0.15) is 38.5 Å². The Hall–Kier alpha value is -1.31. The average Bonchev–Trinajstić information content (AvgIpc) is 2.54. The van der Waals surface area contributed by atoms with Crippen LogP contribution in [0.15, 0.2) is 23.1 Å². The van der Waals surface area contributed by atoms with Gasteiger partial charge in [-0.05, 0) is 25.0 Å². The van der Waals surface area contributed by atoms with Crippen LogP contribution in [0.25, 0.3) is 0 Å². The molecule has 2 atom stereocenters. The number of sulfonamides is 1. The fraction of sp³-hybridized carbons (Fsp3) is 0.625. The van der Waals surface area contributed by atoms with E-state index in [1.807, 2.05) is 0 Å². The van der Waals surface area contributed by atoms with E-state index in [2.05, 4.69) is 4.72 Å². The number of ether oxygens (including phenoxy) is 2. The summed E-state index contributed by atoms with van der Waals surface area (Å²) in [4.78, 5) is 0.135. The van der Waals surface area contributed by atoms with Gasteiger partial charge in [0.05, 0.1) is 11.0 Å². The Kier molecular flexibility index (Phi) is 5.08. The summed E-state index contributed by atoms with van der Waals surface area (Å²) in [6, 6.07) is 4.16. The fourth-order valence-corrected chi connectivity index (χ4v) is 4.38. The number of hydrogen-bond acceptors (Lipinski definition) is 5. The van der Waals surface area contributed by atoms with E-state index in [1.165, 1.54) is 12.1 Å². The maximum Gasteiger partial charge on any atom is 0.241 e. The van der Waals surface area contributed by atoms with Gasteiger partial charge in [-0.25, -0.2) is 13.1 Å². The molecule has 0 spiro atoms. The third-order valence-corrected chi connectivity index (χ3v) is 5.85. The smallest absolute Gasteiger partial charge is 0.241 e. The molecule has 0 bridgehead atoms. The molecule has 6 nitrogen and oxygen atoms in total. The van der Waals surface area contributed by atoms with Crippen molar-refractivity contribution in [1.82, 2.24) is 4.72 Å². The molecule has 0 amide bonds. The molecule has 23 heavy (non-hydrogen) atoms. The van der Waals surface area contributed by atoms with Crippen molar-refractivity contribution in [1.29, 1.82) is 0 Å². The molecule has 1 heterocycles. The first kappa shape index (κ1) is 16.5. The van der Waals surface area contributed by atoms with Gasteiger partial charge >= 0.3 is 0 Å². The lowest BCUT2D eigenvalue weighted by atomic mass is 9.95. The number of rotatable bonds is 3. The van der Waals surface area contributed by atoms with Gasteiger partial charge in [-0.1, -0.05) is 25.7 Å². The molecule has 7 heteroatoms. The van der Waals surface area contributed by atoms with Crippen LogP contribution in [0.5, 0.6) is 11.5 Å². The molecule has 3 rings (SSSR count). The second-order valence-corrected chi connectivity index (χ2v) is 7.81. The largest absolute Gasteiger partial charge is 0.486 e. The van der Waals surface area contributed by atoms with Gasteiger partial charge in [-0.2, -0.15) is 0 Å². The van der Waals surface area contributed by atoms with Crippen LogP contribution in [-0.2, 0) is 10.0 Å². The third-order valence-electron chi connectivity index (χ3n) is 4.36. The minimum atomic E-state index is -3.70. The summed E-state index contributed by atoms with van der Waals surface area (Å²) in [7, 11) is -3.70. The number of aliphatic hydroxyl groups excluding tert-OH is 1. The predicted molar refractivity (Wildman–Crippen MR) is 85.3 cm³/mol. The van der Waals surface area contributed by atoms with E-state index >= 15 is 0 Å². The van der Waals surface area contributed by atoms with Crippen LogP contribution in [0.4, 0.5) is 0 Å². The minimum absolute atomic E-state index is 0.135. The predicted octanol–water partition coefficient (Wildman–Crippen LogP) is 1.82. The quantitative estimate of drug-likeness (QED) is 0.876. The molecule has 0 unspecified atom stereocenters. The van der Waals surface area contributed by atoms with E-state index in [0.29, 0.717) is 37.6 Å². The first-order chi connectivity index (χ1) is 11.1. The van der Waals surface area contributed by atoms with E-state index in [9.17, 15) is 13.5 Å². The second kappa shape index (κ2) is 7.07. The lowest BCUT2D eigenvalue weighted by molar-refractivity contribution is 0.114. The Labute approximate surface area is 136 Å². The number of aliphatic hydroxyl groups is 1. The van der Waals surface area contributed by atoms with Crippen LogP contribution >= 0.6 is 0 Å². The van der Waals surface area contributed by atoms with Gasteiger partial charge in [0.2, 0.25) is 10.0 Å². The van der Waals surface area contributed by atoms with Gasteiger partial charge in [0.25, 0.3) is 0 Å². The Morgan fingerprint density at radius 3 is 2.48 bits per heavy atom. The number of fused-ring (bicyclic) bond motifs is 1. The molecule has 0 radical (unpaired) electrons. The Bertz CT molecular complexity index is 646. The summed E-state index contributed by atoms with van der Waals surface area (Å²) in [6.07, 6.45) is 4.68. The van der Waals surface area contributed by atoms with E-state index in [0.717, 1.165) is 25.7 Å². The monoisotopic (exact) mass is 341 g/mol. The van der Waals surface area contributed by atoms with Gasteiger partial charge < -0.3 is 14.6 Å². The number of benzene rings is 1. The van der Waals surface area contributed by atoms with Crippen molar-refractivity contribution in [3.8, 4) is 11.5 Å². The van der Waals surface area contributed by atoms with Gasteiger partial charge in [0.1, 0.15) is 13.2 Å². The summed E-state index contributed by atoms with van der Waals surface area (Å²) in [5.41, 5.74) is 0. The molecule has 0 aromatic heterocycles. The molecule has 2 N–H and O–H groups in total. The summed E-state index contributed by atoms with van der Waals surface area (Å²) in [5, 5.41) is 10.2. The minimum Gasteiger partial charge on any atom is -0.486 e. The zero-order valence-electron chi connectivity index (χ0n) is 13.0. The van der Waals surface area contributed by atoms with Crippen LogP contribution < -0.4 is 14.2 Å². The lowest BCUT2D eigenvalue weighted by Crippen LogP contribution is -2.43. The molecule has 1 aliphatic heterocycles. The third kappa shape index (κ3) is 3.97.